The molecule has 5 heterocycles. The average molecular weight is 977 g/mol. The van der Waals surface area contributed by atoms with Crippen molar-refractivity contribution < 1.29 is 42.6 Å². The lowest BCUT2D eigenvalue weighted by Gasteiger charge is -2.36. The minimum atomic E-state index is -1.21. The van der Waals surface area contributed by atoms with Crippen LogP contribution < -0.4 is 41.0 Å². The largest absolute Gasteiger partial charge is 0.495 e. The van der Waals surface area contributed by atoms with Crippen LogP contribution in [0.2, 0.25) is 0 Å². The van der Waals surface area contributed by atoms with E-state index in [1.165, 1.54) is 37.6 Å². The fourth-order valence-corrected chi connectivity index (χ4v) is 9.06. The number of nitrogens with zero attached hydrogens (tertiary/aromatic N) is 7. The van der Waals surface area contributed by atoms with Gasteiger partial charge in [0, 0.05) is 67.9 Å². The van der Waals surface area contributed by atoms with Crippen molar-refractivity contribution in [1.82, 2.24) is 35.3 Å². The molecule has 0 spiro atoms. The Bertz CT molecular complexity index is 3090. The van der Waals surface area contributed by atoms with Gasteiger partial charge in [0.25, 0.3) is 17.7 Å². The number of amides is 6. The molecule has 5 N–H and O–H groups in total. The molecule has 1 atom stereocenters. The van der Waals surface area contributed by atoms with E-state index in [2.05, 4.69) is 56.5 Å². The zero-order valence-corrected chi connectivity index (χ0v) is 39.1. The van der Waals surface area contributed by atoms with Crippen molar-refractivity contribution in [3.8, 4) is 17.2 Å². The van der Waals surface area contributed by atoms with Gasteiger partial charge in [-0.25, -0.2) is 9.37 Å². The van der Waals surface area contributed by atoms with E-state index in [9.17, 15) is 33.2 Å². The van der Waals surface area contributed by atoms with E-state index in [-0.39, 0.29) is 17.5 Å². The Morgan fingerprint density at radius 3 is 2.21 bits per heavy atom. The summed E-state index contributed by atoms with van der Waals surface area (Å²) in [6.45, 7) is 5.04. The predicted octanol–water partition coefficient (Wildman–Crippen LogP) is 5.47. The number of piperazine rings is 1. The number of hydrogen-bond donors (Lipinski definition) is 5. The second-order valence-electron chi connectivity index (χ2n) is 17.9. The van der Waals surface area contributed by atoms with Crippen LogP contribution in [0.1, 0.15) is 63.3 Å². The van der Waals surface area contributed by atoms with Crippen molar-refractivity contribution in [2.45, 2.75) is 38.1 Å². The molecule has 4 aliphatic rings. The van der Waals surface area contributed by atoms with Crippen LogP contribution in [0.5, 0.6) is 17.2 Å². The highest BCUT2D eigenvalue weighted by molar-refractivity contribution is 6.23. The van der Waals surface area contributed by atoms with Crippen molar-refractivity contribution in [3.05, 3.63) is 120 Å². The number of ether oxygens (including phenoxy) is 2. The number of nitrogens with one attached hydrogen (secondary N) is 5. The van der Waals surface area contributed by atoms with Crippen LogP contribution in [-0.4, -0.2) is 124 Å². The Kier molecular flexibility index (Phi) is 13.1. The number of imide groups is 1. The third-order valence-corrected chi connectivity index (χ3v) is 13.3. The maximum Gasteiger partial charge on any atom is 0.277 e. The molecule has 3 aliphatic heterocycles. The Morgan fingerprint density at radius 2 is 1.53 bits per heavy atom. The van der Waals surface area contributed by atoms with E-state index < -0.39 is 46.8 Å². The van der Waals surface area contributed by atoms with Crippen LogP contribution in [-0.2, 0) is 14.4 Å². The van der Waals surface area contributed by atoms with E-state index in [0.29, 0.717) is 95.1 Å². The first-order valence-corrected chi connectivity index (χ1v) is 23.6. The molecule has 1 unspecified atom stereocenters. The molecule has 10 rings (SSSR count). The molecule has 0 bridgehead atoms. The van der Waals surface area contributed by atoms with Crippen molar-refractivity contribution in [3.63, 3.8) is 0 Å². The Morgan fingerprint density at radius 1 is 0.806 bits per heavy atom. The molecule has 72 heavy (non-hydrogen) atoms. The summed E-state index contributed by atoms with van der Waals surface area (Å²) in [5, 5.41) is 23.1. The van der Waals surface area contributed by atoms with Gasteiger partial charge in [-0.05, 0) is 124 Å². The molecular weight excluding hydrogens is 928 g/mol. The van der Waals surface area contributed by atoms with Crippen LogP contribution in [0.4, 0.5) is 33.1 Å². The second-order valence-corrected chi connectivity index (χ2v) is 17.9. The number of carbonyl (C=O) groups excluding carboxylic acids is 6. The molecule has 2 saturated heterocycles. The monoisotopic (exact) mass is 976 g/mol. The van der Waals surface area contributed by atoms with Crippen LogP contribution >= 0.6 is 0 Å². The number of anilines is 5. The highest BCUT2D eigenvalue weighted by Crippen LogP contribution is 2.48. The van der Waals surface area contributed by atoms with E-state index in [4.69, 9.17) is 9.47 Å². The minimum absolute atomic E-state index is 0.0147. The number of methoxy groups -OCH3 is 1. The molecule has 1 aliphatic carbocycles. The molecule has 368 valence electrons. The van der Waals surface area contributed by atoms with Gasteiger partial charge in [-0.3, -0.25) is 43.6 Å². The molecule has 2 aromatic heterocycles. The van der Waals surface area contributed by atoms with Gasteiger partial charge in [-0.1, -0.05) is 0 Å². The SMILES string of the molecule is COc1cc2c(Oc3ccc(NC(=O)C4(C(=O)Nc5ccc(F)cc5)CC4)cc3)ccnc2cc1NC(=O)c1cnc(NCCCN2CCN(c3ccc4c(c3)C(=O)N(C3CCCNC3=O)C4=O)CC2)nn1. The Labute approximate surface area is 411 Å². The molecule has 4 aromatic carbocycles. The third-order valence-electron chi connectivity index (χ3n) is 13.3. The molecule has 6 aromatic rings. The molecule has 1 saturated carbocycles. The first-order valence-electron chi connectivity index (χ1n) is 23.6. The number of benzene rings is 4. The highest BCUT2D eigenvalue weighted by Gasteiger charge is 2.56. The molecule has 6 amide bonds. The number of carbonyl (C=O) groups is 6. The van der Waals surface area contributed by atoms with Crippen LogP contribution in [0, 0.1) is 11.2 Å². The van der Waals surface area contributed by atoms with E-state index in [0.717, 1.165) is 49.7 Å². The zero-order valence-electron chi connectivity index (χ0n) is 39.1. The van der Waals surface area contributed by atoms with Gasteiger partial charge in [-0.15, -0.1) is 10.2 Å². The molecule has 21 heteroatoms. The zero-order chi connectivity index (χ0) is 49.9. The summed E-state index contributed by atoms with van der Waals surface area (Å²) in [6.07, 6.45) is 5.66. The fourth-order valence-electron chi connectivity index (χ4n) is 9.06. The van der Waals surface area contributed by atoms with Crippen molar-refractivity contribution in [2.75, 3.05) is 79.1 Å². The number of aromatic nitrogens is 4. The summed E-state index contributed by atoms with van der Waals surface area (Å²) in [5.74, 6) is -1.48. The lowest BCUT2D eigenvalue weighted by molar-refractivity contribution is -0.131. The highest BCUT2D eigenvalue weighted by atomic mass is 19.1. The van der Waals surface area contributed by atoms with Gasteiger partial charge in [0.1, 0.15) is 34.5 Å². The normalized spacial score (nSPS) is 17.2. The van der Waals surface area contributed by atoms with Gasteiger partial charge < -0.3 is 41.0 Å². The number of rotatable bonds is 16. The number of halogens is 1. The summed E-state index contributed by atoms with van der Waals surface area (Å²) in [5.41, 5.74) is 2.03. The van der Waals surface area contributed by atoms with Crippen molar-refractivity contribution in [1.29, 1.82) is 0 Å². The molecule has 3 fully saturated rings. The molecular formula is C51H49FN12O8. The standard InChI is InChI=1S/C51H49FN12O8/c1-71-43-27-37-38(53-20-15-42(37)72-34-12-9-32(10-13-34)58-49(70)51(16-17-51)48(69)57-31-7-5-30(52)6-8-31)28-39(43)59-44(65)40-29-56-50(61-60-40)55-19-3-21-62-22-24-63(25-23-62)33-11-14-35-36(26-33)47(68)64(46(35)67)41-4-2-18-54-45(41)66/h5-15,20,26-29,41H,2-4,16-19,21-25H2,1H3,(H,54,66)(H,57,69)(H,58,70)(H,59,65)(H,55,56,61). The fraction of sp³-hybridized carbons (Fsp3) is 0.294. The summed E-state index contributed by atoms with van der Waals surface area (Å²) >= 11 is 0. The first-order chi connectivity index (χ1) is 35.0. The quantitative estimate of drug-likeness (QED) is 0.0459. The summed E-state index contributed by atoms with van der Waals surface area (Å²) < 4.78 is 25.2. The maximum atomic E-state index is 13.3. The van der Waals surface area contributed by atoms with E-state index >= 15 is 0 Å². The Balaban J connectivity index is 0.678. The first kappa shape index (κ1) is 47.1. The topological polar surface area (TPSA) is 242 Å². The molecule has 0 radical (unpaired) electrons. The molecule has 20 nitrogen and oxygen atoms in total. The van der Waals surface area contributed by atoms with E-state index in [1.54, 1.807) is 60.8 Å². The van der Waals surface area contributed by atoms with Gasteiger partial charge >= 0.3 is 0 Å². The second kappa shape index (κ2) is 20.0. The smallest absolute Gasteiger partial charge is 0.277 e. The lowest BCUT2D eigenvalue weighted by atomic mass is 10.0. The van der Waals surface area contributed by atoms with Crippen LogP contribution in [0.25, 0.3) is 10.9 Å². The minimum Gasteiger partial charge on any atom is -0.495 e. The summed E-state index contributed by atoms with van der Waals surface area (Å²) in [4.78, 5) is 92.8. The van der Waals surface area contributed by atoms with Gasteiger partial charge in [0.15, 0.2) is 5.69 Å². The lowest BCUT2D eigenvalue weighted by Crippen LogP contribution is -2.52. The van der Waals surface area contributed by atoms with Gasteiger partial charge in [0.05, 0.1) is 35.6 Å². The number of pyridine rings is 1. The van der Waals surface area contributed by atoms with Crippen LogP contribution in [0.3, 0.4) is 0 Å². The number of piperidine rings is 1. The number of fused-ring (bicyclic) bond motifs is 2. The maximum absolute atomic E-state index is 13.3. The van der Waals surface area contributed by atoms with E-state index in [1.807, 2.05) is 6.07 Å². The Hall–Kier alpha value is -8.59. The van der Waals surface area contributed by atoms with Gasteiger partial charge in [-0.2, -0.15) is 0 Å². The van der Waals surface area contributed by atoms with Crippen LogP contribution in [0.15, 0.2) is 97.3 Å². The summed E-state index contributed by atoms with van der Waals surface area (Å²) in [6, 6.07) is 21.6. The summed E-state index contributed by atoms with van der Waals surface area (Å²) in [7, 11) is 1.47. The van der Waals surface area contributed by atoms with Crippen molar-refractivity contribution >= 4 is 75.0 Å². The predicted molar refractivity (Wildman–Crippen MR) is 263 cm³/mol. The van der Waals surface area contributed by atoms with Gasteiger partial charge in [0.2, 0.25) is 23.7 Å². The number of hydrogen-bond acceptors (Lipinski definition) is 15. The third kappa shape index (κ3) is 9.78. The van der Waals surface area contributed by atoms with Crippen molar-refractivity contribution in [2.24, 2.45) is 5.41 Å². The average Bonchev–Trinajstić information content (AvgIpc) is 4.18.